The highest BCUT2D eigenvalue weighted by atomic mass is 15.1. The van der Waals surface area contributed by atoms with Crippen LogP contribution in [0, 0.1) is 0 Å². The first-order valence-corrected chi connectivity index (χ1v) is 23.8. The topological polar surface area (TPSA) is 3.24 Å². The number of fused-ring (bicyclic) bond motifs is 1. The van der Waals surface area contributed by atoms with E-state index in [2.05, 4.69) is 42.5 Å². The molecule has 0 N–H and O–H groups in total. The molecule has 0 saturated heterocycles. The second-order valence-electron chi connectivity index (χ2n) is 17.4. The minimum absolute atomic E-state index is 0.0821. The van der Waals surface area contributed by atoms with Crippen molar-refractivity contribution in [3.63, 3.8) is 0 Å². The van der Waals surface area contributed by atoms with Gasteiger partial charge in [0.05, 0.1) is 11.0 Å². The summed E-state index contributed by atoms with van der Waals surface area (Å²) in [6.45, 7) is 0. The molecule has 0 bridgehead atoms. The van der Waals surface area contributed by atoms with E-state index in [1.165, 1.54) is 4.90 Å². The molecule has 0 amide bonds. The van der Waals surface area contributed by atoms with Crippen molar-refractivity contribution >= 4 is 27.8 Å². The lowest BCUT2D eigenvalue weighted by Crippen LogP contribution is -2.09. The maximum absolute atomic E-state index is 9.94. The summed E-state index contributed by atoms with van der Waals surface area (Å²) in [4.78, 5) is 1.37. The number of hydrogen-bond acceptors (Lipinski definition) is 1. The molecule has 0 aliphatic heterocycles. The Bertz CT molecular complexity index is 4190. The lowest BCUT2D eigenvalue weighted by atomic mass is 9.89. The molecule has 0 aliphatic rings. The minimum Gasteiger partial charge on any atom is -0.311 e. The summed E-state index contributed by atoms with van der Waals surface area (Å²) in [5.74, 6) is 0. The molecule has 0 atom stereocenters. The van der Waals surface area contributed by atoms with E-state index in [9.17, 15) is 11.0 Å². The molecule has 0 aliphatic carbocycles. The van der Waals surface area contributed by atoms with E-state index in [0.717, 1.165) is 77.5 Å². The number of hydrogen-bond donors (Lipinski definition) is 0. The normalized spacial score (nSPS) is 12.7. The van der Waals surface area contributed by atoms with Crippen molar-refractivity contribution in [2.75, 3.05) is 4.90 Å². The molecule has 12 aromatic carbocycles. The van der Waals surface area contributed by atoms with E-state index in [1.54, 1.807) is 12.1 Å². The van der Waals surface area contributed by atoms with Gasteiger partial charge < -0.3 is 4.90 Å². The third-order valence-electron chi connectivity index (χ3n) is 13.1. The number of rotatable bonds is 11. The summed E-state index contributed by atoms with van der Waals surface area (Å²) >= 11 is 0. The number of benzene rings is 12. The van der Waals surface area contributed by atoms with Crippen LogP contribution in [0.2, 0.25) is 0 Å². The van der Waals surface area contributed by atoms with E-state index in [1.807, 2.05) is 194 Å². The van der Waals surface area contributed by atoms with Crippen LogP contribution >= 0.6 is 0 Å². The second kappa shape index (κ2) is 19.4. The van der Waals surface area contributed by atoms with Gasteiger partial charge in [0.25, 0.3) is 0 Å². The van der Waals surface area contributed by atoms with E-state index < -0.39 is 24.2 Å². The molecule has 0 unspecified atom stereocenters. The summed E-state index contributed by atoms with van der Waals surface area (Å²) in [6, 6.07) is 78.0. The van der Waals surface area contributed by atoms with Crippen LogP contribution in [0.4, 0.5) is 17.1 Å². The molecule has 0 saturated carbocycles. The van der Waals surface area contributed by atoms with Gasteiger partial charge in [0, 0.05) is 17.1 Å². The molecule has 0 heterocycles. The molecule has 0 radical (unpaired) electrons. The molecule has 12 aromatic rings. The van der Waals surface area contributed by atoms with Gasteiger partial charge in [-0.15, -0.1) is 0 Å². The van der Waals surface area contributed by atoms with Crippen molar-refractivity contribution in [3.8, 4) is 89.0 Å². The highest BCUT2D eigenvalue weighted by Crippen LogP contribution is 2.43. The lowest BCUT2D eigenvalue weighted by molar-refractivity contribution is 1.28. The van der Waals surface area contributed by atoms with Gasteiger partial charge in [-0.2, -0.15) is 0 Å². The van der Waals surface area contributed by atoms with Gasteiger partial charge in [-0.05, 0) is 148 Å². The van der Waals surface area contributed by atoms with E-state index in [4.69, 9.17) is 0 Å². The molecule has 1 nitrogen and oxygen atoms in total. The quantitative estimate of drug-likeness (QED) is 0.125. The summed E-state index contributed by atoms with van der Waals surface area (Å²) < 4.78 is 78.9. The van der Waals surface area contributed by atoms with Crippen LogP contribution in [0.15, 0.2) is 297 Å². The first-order valence-electron chi connectivity index (χ1n) is 27.8. The van der Waals surface area contributed by atoms with Gasteiger partial charge >= 0.3 is 0 Å². The minimum atomic E-state index is -0.417. The molecular formula is C70H49N. The van der Waals surface area contributed by atoms with Gasteiger partial charge in [-0.25, -0.2) is 0 Å². The van der Waals surface area contributed by atoms with Crippen LogP contribution < -0.4 is 4.90 Å². The smallest absolute Gasteiger partial charge is 0.0645 e. The Balaban J connectivity index is 1.06. The molecule has 12 rings (SSSR count). The predicted octanol–water partition coefficient (Wildman–Crippen LogP) is 19.6. The fourth-order valence-electron chi connectivity index (χ4n) is 9.56. The number of anilines is 3. The van der Waals surface area contributed by atoms with Crippen LogP contribution in [-0.2, 0) is 0 Å². The van der Waals surface area contributed by atoms with Gasteiger partial charge in [0.15, 0.2) is 0 Å². The Labute approximate surface area is 428 Å². The summed E-state index contributed by atoms with van der Waals surface area (Å²) in [5, 5.41) is 1.83. The predicted molar refractivity (Wildman–Crippen MR) is 302 cm³/mol. The maximum atomic E-state index is 9.94. The Kier molecular flexibility index (Phi) is 9.52. The van der Waals surface area contributed by atoms with Crippen molar-refractivity contribution in [3.05, 3.63) is 297 Å². The largest absolute Gasteiger partial charge is 0.311 e. The van der Waals surface area contributed by atoms with Crippen molar-refractivity contribution in [1.82, 2.24) is 0 Å². The van der Waals surface area contributed by atoms with Crippen molar-refractivity contribution in [2.45, 2.75) is 0 Å². The second-order valence-corrected chi connectivity index (χ2v) is 17.4. The van der Waals surface area contributed by atoms with Gasteiger partial charge in [0.1, 0.15) is 0 Å². The Morgan fingerprint density at radius 3 is 1.10 bits per heavy atom. The molecule has 1 heteroatoms. The standard InChI is InChI=1S/C70H49N/c1-6-18-52(19-7-1)64-45-37-59(48-68(64)54-22-10-3-11-23-54)50-30-39-61(40-31-50)71(63-43-34-57(35-44-63)67-47-36-56-26-16-17-29-66(56)70(67)58-27-14-5-15-28-58)62-41-32-51(33-42-62)60-38-46-65(53-20-8-2-9-21-53)69(49-60)55-24-12-4-13-25-55/h1-49H/i30D,31D,34D,35D,39D,40D,43D,44D. The van der Waals surface area contributed by atoms with E-state index in [-0.39, 0.29) is 46.7 Å². The fraction of sp³-hybridized carbons (Fsp3) is 0. The Morgan fingerprint density at radius 2 is 0.606 bits per heavy atom. The molecule has 71 heavy (non-hydrogen) atoms. The van der Waals surface area contributed by atoms with Crippen LogP contribution in [0.25, 0.3) is 99.8 Å². The zero-order valence-electron chi connectivity index (χ0n) is 46.6. The monoisotopic (exact) mass is 911 g/mol. The summed E-state index contributed by atoms with van der Waals surface area (Å²) in [6.07, 6.45) is 0. The SMILES string of the molecule is [2H]c1c([2H])c(N(c2ccc(-c3ccc(-c4ccccc4)c(-c4ccccc4)c3)cc2)c2c([2H])c([2H])c(-c3ccc4ccccc4c3-c3ccccc3)c([2H])c2[2H])c([2H])c([2H])c1-c1ccc(-c2ccccc2)c(-c2ccccc2)c1. The maximum Gasteiger partial charge on any atom is 0.0645 e. The van der Waals surface area contributed by atoms with Crippen molar-refractivity contribution < 1.29 is 11.0 Å². The van der Waals surface area contributed by atoms with Crippen molar-refractivity contribution in [2.24, 2.45) is 0 Å². The average molecular weight is 912 g/mol. The van der Waals surface area contributed by atoms with Crippen molar-refractivity contribution in [1.29, 1.82) is 0 Å². The van der Waals surface area contributed by atoms with Crippen LogP contribution in [-0.4, -0.2) is 0 Å². The molecule has 0 aromatic heterocycles. The van der Waals surface area contributed by atoms with Crippen LogP contribution in [0.1, 0.15) is 11.0 Å². The summed E-state index contributed by atoms with van der Waals surface area (Å²) in [5.41, 5.74) is 12.3. The highest BCUT2D eigenvalue weighted by molar-refractivity contribution is 6.04. The highest BCUT2D eigenvalue weighted by Gasteiger charge is 2.18. The van der Waals surface area contributed by atoms with Gasteiger partial charge in [-0.3, -0.25) is 0 Å². The number of nitrogens with zero attached hydrogens (tertiary/aromatic N) is 1. The fourth-order valence-corrected chi connectivity index (χ4v) is 9.56. The Hall–Kier alpha value is -9.30. The molecule has 0 spiro atoms. The molecule has 0 fully saturated rings. The van der Waals surface area contributed by atoms with E-state index >= 15 is 0 Å². The molecular weight excluding hydrogens is 855 g/mol. The zero-order chi connectivity index (χ0) is 54.3. The first-order chi connectivity index (χ1) is 38.6. The summed E-state index contributed by atoms with van der Waals surface area (Å²) in [7, 11) is 0. The van der Waals surface area contributed by atoms with Gasteiger partial charge in [-0.1, -0.05) is 249 Å². The van der Waals surface area contributed by atoms with Crippen LogP contribution in [0.5, 0.6) is 0 Å². The first kappa shape index (κ1) is 34.9. The van der Waals surface area contributed by atoms with E-state index in [0.29, 0.717) is 16.8 Å². The lowest BCUT2D eigenvalue weighted by Gasteiger charge is -2.26. The molecule has 334 valence electrons. The zero-order valence-corrected chi connectivity index (χ0v) is 38.6. The third kappa shape index (κ3) is 8.74. The van der Waals surface area contributed by atoms with Crippen LogP contribution in [0.3, 0.4) is 0 Å². The van der Waals surface area contributed by atoms with Gasteiger partial charge in [0.2, 0.25) is 0 Å². The third-order valence-corrected chi connectivity index (χ3v) is 13.1. The average Bonchev–Trinajstić information content (AvgIpc) is 3.70. The Morgan fingerprint density at radius 1 is 0.225 bits per heavy atom.